The third-order valence-corrected chi connectivity index (χ3v) is 13.6. The molecular formula is C34H58BrN2O4+. The van der Waals surface area contributed by atoms with Crippen LogP contribution < -0.4 is 0 Å². The predicted octanol–water partition coefficient (Wildman–Crippen LogP) is 5.77. The molecule has 0 aromatic rings. The number of aliphatic hydroxyl groups is 1. The van der Waals surface area contributed by atoms with Crippen molar-refractivity contribution in [2.24, 2.45) is 34.5 Å². The highest BCUT2D eigenvalue weighted by Crippen LogP contribution is 2.67. The number of quaternary nitrogens is 1. The van der Waals surface area contributed by atoms with Crippen LogP contribution in [-0.2, 0) is 14.3 Å². The fourth-order valence-corrected chi connectivity index (χ4v) is 11.7. The number of morpholine rings is 1. The zero-order valence-corrected chi connectivity index (χ0v) is 27.8. The van der Waals surface area contributed by atoms with Gasteiger partial charge in [-0.05, 0) is 99.4 Å². The van der Waals surface area contributed by atoms with Crippen molar-refractivity contribution in [3.63, 3.8) is 0 Å². The molecule has 4 saturated carbocycles. The number of nitrogens with zero attached hydrogens (tertiary/aromatic N) is 2. The fraction of sp³-hybridized carbons (Fsp3) is 0.912. The number of fused-ring (bicyclic) bond motifs is 5. The first kappa shape index (κ1) is 31.9. The number of halogens is 1. The topological polar surface area (TPSA) is 59.0 Å². The Morgan fingerprint density at radius 1 is 1.05 bits per heavy atom. The van der Waals surface area contributed by atoms with Crippen molar-refractivity contribution >= 4 is 23.0 Å². The molecule has 0 radical (unpaired) electrons. The number of aliphatic hydroxyl groups excluding tert-OH is 1. The minimum Gasteiger partial charge on any atom is -0.456 e. The Morgan fingerprint density at radius 3 is 2.41 bits per heavy atom. The van der Waals surface area contributed by atoms with Gasteiger partial charge in [-0.2, -0.15) is 0 Å². The van der Waals surface area contributed by atoms with E-state index >= 15 is 0 Å². The van der Waals surface area contributed by atoms with Crippen LogP contribution in [0.15, 0.2) is 12.7 Å². The molecule has 7 heteroatoms. The number of ether oxygens (including phenoxy) is 2. The predicted molar refractivity (Wildman–Crippen MR) is 168 cm³/mol. The van der Waals surface area contributed by atoms with Crippen molar-refractivity contribution in [3.8, 4) is 0 Å². The number of carbonyl (C=O) groups excluding carboxylic acids is 1. The van der Waals surface area contributed by atoms with Gasteiger partial charge in [0, 0.05) is 37.9 Å². The van der Waals surface area contributed by atoms with Crippen LogP contribution in [-0.4, -0.2) is 90.7 Å². The van der Waals surface area contributed by atoms with Gasteiger partial charge in [0.25, 0.3) is 0 Å². The Balaban J connectivity index is 0.00000337. The zero-order chi connectivity index (χ0) is 28.1. The molecule has 2 heterocycles. The molecular weight excluding hydrogens is 580 g/mol. The molecule has 0 bridgehead atoms. The average molecular weight is 639 g/mol. The molecule has 5 unspecified atom stereocenters. The average Bonchev–Trinajstić information content (AvgIpc) is 3.06. The lowest BCUT2D eigenvalue weighted by Crippen LogP contribution is -2.62. The molecule has 4 aliphatic carbocycles. The molecule has 0 aromatic carbocycles. The number of rotatable bonds is 5. The van der Waals surface area contributed by atoms with Crippen LogP contribution in [0.3, 0.4) is 0 Å². The summed E-state index contributed by atoms with van der Waals surface area (Å²) in [5.74, 6) is 2.52. The normalized spacial score (nSPS) is 46.1. The van der Waals surface area contributed by atoms with Crippen molar-refractivity contribution < 1.29 is 23.9 Å². The van der Waals surface area contributed by atoms with Gasteiger partial charge in [0.1, 0.15) is 6.04 Å². The van der Waals surface area contributed by atoms with Gasteiger partial charge in [0.05, 0.1) is 39.0 Å². The second-order valence-electron chi connectivity index (χ2n) is 15.3. The Kier molecular flexibility index (Phi) is 9.73. The SMILES string of the molecule is Br.C=CC[N+]1(C2C[C@H]3[C@@H]4CCC5CC(O)C(N6CCOCC6)C[C@]5(C)[C@@H]4CC[C@]3(C)C2OC(C)=O)CCCCCC1. The van der Waals surface area contributed by atoms with Crippen LogP contribution in [0.2, 0.25) is 0 Å². The van der Waals surface area contributed by atoms with Gasteiger partial charge in [-0.25, -0.2) is 0 Å². The monoisotopic (exact) mass is 637 g/mol. The minimum absolute atomic E-state index is 0. The largest absolute Gasteiger partial charge is 0.456 e. The zero-order valence-electron chi connectivity index (χ0n) is 26.1. The van der Waals surface area contributed by atoms with Crippen LogP contribution in [0.5, 0.6) is 0 Å². The molecule has 6 fully saturated rings. The van der Waals surface area contributed by atoms with Gasteiger partial charge in [0.15, 0.2) is 6.10 Å². The summed E-state index contributed by atoms with van der Waals surface area (Å²) in [5, 5.41) is 11.3. The first-order valence-electron chi connectivity index (χ1n) is 16.9. The molecule has 2 saturated heterocycles. The number of carbonyl (C=O) groups is 1. The van der Waals surface area contributed by atoms with Crippen LogP contribution in [0.25, 0.3) is 0 Å². The summed E-state index contributed by atoms with van der Waals surface area (Å²) in [6, 6.07) is 0.648. The van der Waals surface area contributed by atoms with Gasteiger partial charge >= 0.3 is 5.97 Å². The van der Waals surface area contributed by atoms with Crippen LogP contribution in [0.1, 0.15) is 91.4 Å². The molecule has 0 amide bonds. The highest BCUT2D eigenvalue weighted by Gasteiger charge is 2.67. The smallest absolute Gasteiger partial charge is 0.303 e. The van der Waals surface area contributed by atoms with Crippen molar-refractivity contribution in [2.45, 2.75) is 116 Å². The number of hydrogen-bond donors (Lipinski definition) is 1. The molecule has 234 valence electrons. The molecule has 10 atom stereocenters. The summed E-state index contributed by atoms with van der Waals surface area (Å²) in [6.07, 6.45) is 15.3. The van der Waals surface area contributed by atoms with E-state index in [2.05, 4.69) is 31.4 Å². The summed E-state index contributed by atoms with van der Waals surface area (Å²) in [4.78, 5) is 15.2. The number of likely N-dealkylation sites (tertiary alicyclic amines) is 1. The summed E-state index contributed by atoms with van der Waals surface area (Å²) in [6.45, 7) is 17.8. The first-order valence-corrected chi connectivity index (χ1v) is 16.9. The lowest BCUT2D eigenvalue weighted by molar-refractivity contribution is -0.948. The van der Waals surface area contributed by atoms with E-state index in [1.165, 1.54) is 64.5 Å². The molecule has 0 spiro atoms. The Hall–Kier alpha value is -0.470. The van der Waals surface area contributed by atoms with E-state index in [0.717, 1.165) is 56.6 Å². The van der Waals surface area contributed by atoms with Gasteiger partial charge in [0.2, 0.25) is 0 Å². The Bertz CT molecular complexity index is 934. The molecule has 41 heavy (non-hydrogen) atoms. The molecule has 6 nitrogen and oxygen atoms in total. The standard InChI is InChI=1S/C34H57N2O4.BrH/c1-5-16-36(17-8-6-7-9-18-36)30-22-28-26-11-10-25-21-31(38)29(35-14-19-39-20-15-35)23-34(25,4)27(26)12-13-33(28,3)32(30)40-24(2)37;/h5,25-32,38H,1,6-23H2,2-4H3;1H/q+1;/t25?,26-,27-,28+,29?,30?,31?,32?,33+,34+;/m1./s1. The van der Waals surface area contributed by atoms with E-state index < -0.39 is 0 Å². The second-order valence-corrected chi connectivity index (χ2v) is 15.3. The van der Waals surface area contributed by atoms with Crippen LogP contribution in [0.4, 0.5) is 0 Å². The molecule has 1 N–H and O–H groups in total. The van der Waals surface area contributed by atoms with E-state index in [-0.39, 0.29) is 52.0 Å². The fourth-order valence-electron chi connectivity index (χ4n) is 11.7. The Labute approximate surface area is 259 Å². The Morgan fingerprint density at radius 2 is 1.76 bits per heavy atom. The molecule has 6 aliphatic rings. The lowest BCUT2D eigenvalue weighted by Gasteiger charge is -2.62. The van der Waals surface area contributed by atoms with Crippen LogP contribution >= 0.6 is 17.0 Å². The van der Waals surface area contributed by atoms with E-state index in [9.17, 15) is 9.90 Å². The highest BCUT2D eigenvalue weighted by molar-refractivity contribution is 8.93. The number of esters is 1. The summed E-state index contributed by atoms with van der Waals surface area (Å²) < 4.78 is 13.2. The van der Waals surface area contributed by atoms with Crippen molar-refractivity contribution in [1.29, 1.82) is 0 Å². The maximum atomic E-state index is 12.6. The van der Waals surface area contributed by atoms with E-state index in [1.54, 1.807) is 6.92 Å². The summed E-state index contributed by atoms with van der Waals surface area (Å²) in [7, 11) is 0. The van der Waals surface area contributed by atoms with Gasteiger partial charge in [-0.15, -0.1) is 17.0 Å². The third kappa shape index (κ3) is 5.51. The summed E-state index contributed by atoms with van der Waals surface area (Å²) >= 11 is 0. The molecule has 0 aromatic heterocycles. The maximum absolute atomic E-state index is 12.6. The van der Waals surface area contributed by atoms with Gasteiger partial charge in [-0.1, -0.05) is 20.4 Å². The van der Waals surface area contributed by atoms with Crippen molar-refractivity contribution in [2.75, 3.05) is 45.9 Å². The van der Waals surface area contributed by atoms with E-state index in [1.807, 2.05) is 0 Å². The lowest BCUT2D eigenvalue weighted by atomic mass is 9.44. The van der Waals surface area contributed by atoms with Crippen molar-refractivity contribution in [3.05, 3.63) is 12.7 Å². The number of hydrogen-bond acceptors (Lipinski definition) is 5. The first-order chi connectivity index (χ1) is 19.2. The summed E-state index contributed by atoms with van der Waals surface area (Å²) in [5.41, 5.74) is 0.328. The minimum atomic E-state index is -0.211. The molecule has 6 rings (SSSR count). The second kappa shape index (κ2) is 12.5. The van der Waals surface area contributed by atoms with E-state index in [0.29, 0.717) is 29.7 Å². The van der Waals surface area contributed by atoms with Gasteiger partial charge in [-0.3, -0.25) is 9.69 Å². The van der Waals surface area contributed by atoms with Gasteiger partial charge < -0.3 is 19.1 Å². The van der Waals surface area contributed by atoms with Crippen molar-refractivity contribution in [1.82, 2.24) is 4.90 Å². The highest BCUT2D eigenvalue weighted by atomic mass is 79.9. The quantitative estimate of drug-likeness (QED) is 0.236. The molecule has 2 aliphatic heterocycles. The van der Waals surface area contributed by atoms with Crippen LogP contribution in [0, 0.1) is 34.5 Å². The maximum Gasteiger partial charge on any atom is 0.303 e. The third-order valence-electron chi connectivity index (χ3n) is 13.6. The van der Waals surface area contributed by atoms with E-state index in [4.69, 9.17) is 9.47 Å².